The lowest BCUT2D eigenvalue weighted by Crippen LogP contribution is -2.22. The number of aromatic hydroxyl groups is 1. The van der Waals surface area contributed by atoms with Crippen LogP contribution in [0.3, 0.4) is 0 Å². The van der Waals surface area contributed by atoms with Gasteiger partial charge in [-0.2, -0.15) is 0 Å². The first kappa shape index (κ1) is 10.4. The zero-order chi connectivity index (χ0) is 10.1. The Labute approximate surface area is 82.8 Å². The molecule has 0 heterocycles. The summed E-state index contributed by atoms with van der Waals surface area (Å²) in [4.78, 5) is 0. The summed E-state index contributed by atoms with van der Waals surface area (Å²) in [5.74, 6) is 0.131. The highest BCUT2D eigenvalue weighted by Crippen LogP contribution is 2.35. The summed E-state index contributed by atoms with van der Waals surface area (Å²) in [5.41, 5.74) is 0.0850. The number of hydrogen-bond donors (Lipinski definition) is 2. The molecule has 0 fully saturated rings. The van der Waals surface area contributed by atoms with Crippen molar-refractivity contribution in [3.8, 4) is 5.75 Å². The Bertz CT molecular complexity index is 288. The third kappa shape index (κ3) is 1.95. The number of aliphatic hydroxyl groups excluding tert-OH is 1. The van der Waals surface area contributed by atoms with Crippen molar-refractivity contribution >= 4 is 11.6 Å². The highest BCUT2D eigenvalue weighted by molar-refractivity contribution is 6.31. The molecule has 1 aromatic rings. The van der Waals surface area contributed by atoms with Gasteiger partial charge in [0.05, 0.1) is 6.61 Å². The van der Waals surface area contributed by atoms with E-state index in [1.807, 2.05) is 13.8 Å². The molecule has 72 valence electrons. The van der Waals surface area contributed by atoms with Gasteiger partial charge in [0.15, 0.2) is 0 Å². The average molecular weight is 201 g/mol. The van der Waals surface area contributed by atoms with E-state index in [1.165, 1.54) is 0 Å². The number of halogens is 1. The Morgan fingerprint density at radius 2 is 2.00 bits per heavy atom. The third-order valence-electron chi connectivity index (χ3n) is 2.06. The Kier molecular flexibility index (Phi) is 2.84. The van der Waals surface area contributed by atoms with Crippen LogP contribution in [0.5, 0.6) is 5.75 Å². The monoisotopic (exact) mass is 200 g/mol. The predicted octanol–water partition coefficient (Wildman–Crippen LogP) is 2.32. The van der Waals surface area contributed by atoms with E-state index in [4.69, 9.17) is 16.7 Å². The van der Waals surface area contributed by atoms with Crippen LogP contribution in [0.15, 0.2) is 18.2 Å². The smallest absolute Gasteiger partial charge is 0.120 e. The first-order chi connectivity index (χ1) is 5.99. The number of rotatable bonds is 2. The lowest BCUT2D eigenvalue weighted by Gasteiger charge is -2.24. The van der Waals surface area contributed by atoms with E-state index >= 15 is 0 Å². The summed E-state index contributed by atoms with van der Waals surface area (Å²) in [6.45, 7) is 3.60. The van der Waals surface area contributed by atoms with Gasteiger partial charge in [0.25, 0.3) is 0 Å². The Hall–Kier alpha value is -0.730. The summed E-state index contributed by atoms with van der Waals surface area (Å²) < 4.78 is 0. The van der Waals surface area contributed by atoms with Crippen LogP contribution in [-0.4, -0.2) is 16.8 Å². The van der Waals surface area contributed by atoms with E-state index in [0.717, 1.165) is 0 Å². The Morgan fingerprint density at radius 3 is 2.46 bits per heavy atom. The molecule has 0 atom stereocenters. The van der Waals surface area contributed by atoms with E-state index in [0.29, 0.717) is 10.6 Å². The van der Waals surface area contributed by atoms with Gasteiger partial charge < -0.3 is 10.2 Å². The van der Waals surface area contributed by atoms with E-state index in [1.54, 1.807) is 18.2 Å². The fourth-order valence-corrected chi connectivity index (χ4v) is 1.69. The molecule has 13 heavy (non-hydrogen) atoms. The van der Waals surface area contributed by atoms with Gasteiger partial charge in [0.2, 0.25) is 0 Å². The summed E-state index contributed by atoms with van der Waals surface area (Å²) in [6.07, 6.45) is 0. The predicted molar refractivity (Wildman–Crippen MR) is 53.2 cm³/mol. The van der Waals surface area contributed by atoms with Crippen LogP contribution in [-0.2, 0) is 5.41 Å². The molecule has 0 aromatic heterocycles. The second-order valence-corrected chi connectivity index (χ2v) is 4.08. The number of hydrogen-bond acceptors (Lipinski definition) is 2. The van der Waals surface area contributed by atoms with Crippen LogP contribution in [0.2, 0.25) is 5.02 Å². The van der Waals surface area contributed by atoms with Crippen molar-refractivity contribution in [2.45, 2.75) is 19.3 Å². The van der Waals surface area contributed by atoms with Gasteiger partial charge in [-0.15, -0.1) is 0 Å². The molecule has 3 heteroatoms. The standard InChI is InChI=1S/C10H13ClO2/c1-10(2,6-12)9-7(11)4-3-5-8(9)13/h3-5,12-13H,6H2,1-2H3. The first-order valence-electron chi connectivity index (χ1n) is 4.08. The number of benzene rings is 1. The van der Waals surface area contributed by atoms with Crippen molar-refractivity contribution in [2.75, 3.05) is 6.61 Å². The Balaban J connectivity index is 3.28. The molecule has 0 aliphatic carbocycles. The zero-order valence-electron chi connectivity index (χ0n) is 7.71. The van der Waals surface area contributed by atoms with E-state index in [-0.39, 0.29) is 12.4 Å². The summed E-state index contributed by atoms with van der Waals surface area (Å²) >= 11 is 5.92. The lowest BCUT2D eigenvalue weighted by molar-refractivity contribution is 0.215. The van der Waals surface area contributed by atoms with Gasteiger partial charge in [-0.1, -0.05) is 31.5 Å². The van der Waals surface area contributed by atoms with Crippen LogP contribution >= 0.6 is 11.6 Å². The lowest BCUT2D eigenvalue weighted by atomic mass is 9.85. The van der Waals surface area contributed by atoms with Crippen molar-refractivity contribution in [2.24, 2.45) is 0 Å². The fourth-order valence-electron chi connectivity index (χ4n) is 1.26. The van der Waals surface area contributed by atoms with Gasteiger partial charge in [-0.05, 0) is 12.1 Å². The summed E-state index contributed by atoms with van der Waals surface area (Å²) in [6, 6.07) is 4.95. The first-order valence-corrected chi connectivity index (χ1v) is 4.45. The van der Waals surface area contributed by atoms with Gasteiger partial charge in [0, 0.05) is 16.0 Å². The van der Waals surface area contributed by atoms with Gasteiger partial charge in [0.1, 0.15) is 5.75 Å². The zero-order valence-corrected chi connectivity index (χ0v) is 8.47. The molecule has 0 bridgehead atoms. The molecule has 0 unspecified atom stereocenters. The maximum atomic E-state index is 9.56. The van der Waals surface area contributed by atoms with E-state index < -0.39 is 5.41 Å². The van der Waals surface area contributed by atoms with Crippen LogP contribution in [0.4, 0.5) is 0 Å². The quantitative estimate of drug-likeness (QED) is 0.769. The number of aliphatic hydroxyl groups is 1. The average Bonchev–Trinajstić information content (AvgIpc) is 2.03. The molecule has 0 saturated carbocycles. The minimum absolute atomic E-state index is 0.0513. The highest BCUT2D eigenvalue weighted by atomic mass is 35.5. The summed E-state index contributed by atoms with van der Waals surface area (Å²) in [5, 5.41) is 19.2. The SMILES string of the molecule is CC(C)(CO)c1c(O)cccc1Cl. The molecular formula is C10H13ClO2. The molecule has 0 aliphatic rings. The van der Waals surface area contributed by atoms with E-state index in [9.17, 15) is 5.11 Å². The molecule has 0 spiro atoms. The maximum Gasteiger partial charge on any atom is 0.120 e. The van der Waals surface area contributed by atoms with Crippen molar-refractivity contribution in [1.82, 2.24) is 0 Å². The van der Waals surface area contributed by atoms with Crippen molar-refractivity contribution < 1.29 is 10.2 Å². The maximum absolute atomic E-state index is 9.56. The van der Waals surface area contributed by atoms with Crippen molar-refractivity contribution in [3.05, 3.63) is 28.8 Å². The molecule has 1 rings (SSSR count). The molecule has 0 saturated heterocycles. The summed E-state index contributed by atoms with van der Waals surface area (Å²) in [7, 11) is 0. The van der Waals surface area contributed by atoms with Crippen LogP contribution < -0.4 is 0 Å². The second kappa shape index (κ2) is 3.56. The van der Waals surface area contributed by atoms with Gasteiger partial charge in [-0.25, -0.2) is 0 Å². The topological polar surface area (TPSA) is 40.5 Å². The molecule has 0 aliphatic heterocycles. The molecule has 0 radical (unpaired) electrons. The third-order valence-corrected chi connectivity index (χ3v) is 2.38. The number of phenolic OH excluding ortho intramolecular Hbond substituents is 1. The van der Waals surface area contributed by atoms with Crippen LogP contribution in [0.1, 0.15) is 19.4 Å². The molecule has 1 aromatic carbocycles. The van der Waals surface area contributed by atoms with Crippen LogP contribution in [0.25, 0.3) is 0 Å². The molecule has 2 nitrogen and oxygen atoms in total. The van der Waals surface area contributed by atoms with Gasteiger partial charge in [-0.3, -0.25) is 0 Å². The van der Waals surface area contributed by atoms with Crippen molar-refractivity contribution in [1.29, 1.82) is 0 Å². The molecular weight excluding hydrogens is 188 g/mol. The largest absolute Gasteiger partial charge is 0.508 e. The Morgan fingerprint density at radius 1 is 1.38 bits per heavy atom. The van der Waals surface area contributed by atoms with E-state index in [2.05, 4.69) is 0 Å². The normalized spacial score (nSPS) is 11.7. The van der Waals surface area contributed by atoms with Crippen LogP contribution in [0, 0.1) is 0 Å². The van der Waals surface area contributed by atoms with Gasteiger partial charge >= 0.3 is 0 Å². The minimum Gasteiger partial charge on any atom is -0.508 e. The fraction of sp³-hybridized carbons (Fsp3) is 0.400. The second-order valence-electron chi connectivity index (χ2n) is 3.68. The minimum atomic E-state index is -0.511. The van der Waals surface area contributed by atoms with Crippen molar-refractivity contribution in [3.63, 3.8) is 0 Å². The highest BCUT2D eigenvalue weighted by Gasteiger charge is 2.25. The number of phenols is 1. The molecule has 0 amide bonds. The molecule has 2 N–H and O–H groups in total.